The highest BCUT2D eigenvalue weighted by atomic mass is 19.4. The van der Waals surface area contributed by atoms with E-state index in [0.29, 0.717) is 5.69 Å². The summed E-state index contributed by atoms with van der Waals surface area (Å²) in [6.07, 6.45) is -0.749. The Kier molecular flexibility index (Phi) is 5.63. The van der Waals surface area contributed by atoms with Crippen molar-refractivity contribution in [2.24, 2.45) is 0 Å². The molecule has 1 aromatic carbocycles. The molecule has 0 aliphatic carbocycles. The first kappa shape index (κ1) is 20.4. The van der Waals surface area contributed by atoms with Gasteiger partial charge in [0.2, 0.25) is 5.78 Å². The number of hydrogen-bond donors (Lipinski definition) is 0. The number of carbonyl (C=O) groups excluding carboxylic acids is 2. The van der Waals surface area contributed by atoms with Crippen molar-refractivity contribution in [3.05, 3.63) is 77.4 Å². The van der Waals surface area contributed by atoms with Crippen LogP contribution in [0, 0.1) is 13.8 Å². The summed E-state index contributed by atoms with van der Waals surface area (Å²) in [5.41, 5.74) is 1.64. The lowest BCUT2D eigenvalue weighted by atomic mass is 10.1. The number of aryl methyl sites for hydroxylation is 1. The van der Waals surface area contributed by atoms with E-state index in [-0.39, 0.29) is 16.8 Å². The molecule has 5 nitrogen and oxygen atoms in total. The Balaban J connectivity index is 1.69. The van der Waals surface area contributed by atoms with Crippen molar-refractivity contribution < 1.29 is 27.5 Å². The number of halogens is 3. The van der Waals surface area contributed by atoms with Gasteiger partial charge >= 0.3 is 12.1 Å². The SMILES string of the molecule is Cc1cc(C(=O)COC(=O)c2cccc(-n3cccc3)c2)c(C)n1CC(F)(F)F. The van der Waals surface area contributed by atoms with Crippen molar-refractivity contribution in [3.63, 3.8) is 0 Å². The molecule has 0 aliphatic heterocycles. The van der Waals surface area contributed by atoms with Gasteiger partial charge in [-0.2, -0.15) is 13.2 Å². The first-order valence-electron chi connectivity index (χ1n) is 8.83. The van der Waals surface area contributed by atoms with Crippen LogP contribution < -0.4 is 0 Å². The van der Waals surface area contributed by atoms with Crippen LogP contribution in [-0.4, -0.2) is 33.7 Å². The van der Waals surface area contributed by atoms with Crippen molar-refractivity contribution in [3.8, 4) is 5.69 Å². The van der Waals surface area contributed by atoms with Gasteiger partial charge < -0.3 is 13.9 Å². The number of ketones is 1. The second kappa shape index (κ2) is 7.98. The van der Waals surface area contributed by atoms with Gasteiger partial charge in [-0.1, -0.05) is 6.07 Å². The Morgan fingerprint density at radius 1 is 1.03 bits per heavy atom. The maximum Gasteiger partial charge on any atom is 0.406 e. The van der Waals surface area contributed by atoms with E-state index in [0.717, 1.165) is 10.3 Å². The lowest BCUT2D eigenvalue weighted by Crippen LogP contribution is -2.20. The Morgan fingerprint density at radius 3 is 2.38 bits per heavy atom. The third-order valence-corrected chi connectivity index (χ3v) is 4.53. The molecule has 3 aromatic rings. The molecule has 3 rings (SSSR count). The minimum atomic E-state index is -4.40. The zero-order valence-electron chi connectivity index (χ0n) is 15.9. The monoisotopic (exact) mass is 404 g/mol. The third kappa shape index (κ3) is 4.77. The molecule has 0 amide bonds. The molecule has 0 radical (unpaired) electrons. The minimum absolute atomic E-state index is 0.112. The summed E-state index contributed by atoms with van der Waals surface area (Å²) >= 11 is 0. The normalized spacial score (nSPS) is 11.5. The van der Waals surface area contributed by atoms with E-state index >= 15 is 0 Å². The van der Waals surface area contributed by atoms with E-state index in [9.17, 15) is 22.8 Å². The van der Waals surface area contributed by atoms with Crippen LogP contribution in [0.3, 0.4) is 0 Å². The second-order valence-corrected chi connectivity index (χ2v) is 6.63. The van der Waals surface area contributed by atoms with Gasteiger partial charge in [0.05, 0.1) is 5.56 Å². The standard InChI is InChI=1S/C21H19F3N2O3/c1-14-10-18(15(2)26(14)13-21(22,23)24)19(27)12-29-20(28)16-6-5-7-17(11-16)25-8-3-4-9-25/h3-11H,12-13H2,1-2H3. The molecular weight excluding hydrogens is 385 g/mol. The fraction of sp³-hybridized carbons (Fsp3) is 0.238. The summed E-state index contributed by atoms with van der Waals surface area (Å²) in [4.78, 5) is 24.7. The highest BCUT2D eigenvalue weighted by Crippen LogP contribution is 2.23. The summed E-state index contributed by atoms with van der Waals surface area (Å²) in [5, 5.41) is 0. The molecule has 0 saturated heterocycles. The fourth-order valence-electron chi connectivity index (χ4n) is 3.10. The van der Waals surface area contributed by atoms with Crippen LogP contribution in [0.2, 0.25) is 0 Å². The van der Waals surface area contributed by atoms with Crippen molar-refractivity contribution in [1.82, 2.24) is 9.13 Å². The van der Waals surface area contributed by atoms with Crippen LogP contribution in [-0.2, 0) is 11.3 Å². The van der Waals surface area contributed by atoms with Crippen LogP contribution in [0.1, 0.15) is 32.1 Å². The number of Topliss-reactive ketones (excluding diaryl/α,β-unsaturated/α-hetero) is 1. The van der Waals surface area contributed by atoms with E-state index in [1.807, 2.05) is 35.2 Å². The first-order valence-corrected chi connectivity index (χ1v) is 8.83. The highest BCUT2D eigenvalue weighted by Gasteiger charge is 2.30. The van der Waals surface area contributed by atoms with Crippen molar-refractivity contribution in [2.45, 2.75) is 26.6 Å². The van der Waals surface area contributed by atoms with Gasteiger partial charge in [0.15, 0.2) is 6.61 Å². The number of carbonyl (C=O) groups is 2. The summed E-state index contributed by atoms with van der Waals surface area (Å²) in [6, 6.07) is 11.8. The van der Waals surface area contributed by atoms with E-state index in [2.05, 4.69) is 0 Å². The van der Waals surface area contributed by atoms with Crippen molar-refractivity contribution >= 4 is 11.8 Å². The van der Waals surface area contributed by atoms with Gasteiger partial charge in [-0.3, -0.25) is 4.79 Å². The van der Waals surface area contributed by atoms with E-state index in [1.54, 1.807) is 18.2 Å². The maximum absolute atomic E-state index is 12.7. The molecule has 2 aromatic heterocycles. The molecule has 0 N–H and O–H groups in total. The van der Waals surface area contributed by atoms with Gasteiger partial charge in [0, 0.05) is 35.0 Å². The Morgan fingerprint density at radius 2 is 1.72 bits per heavy atom. The average molecular weight is 404 g/mol. The Hall–Kier alpha value is -3.29. The largest absolute Gasteiger partial charge is 0.454 e. The van der Waals surface area contributed by atoms with Crippen LogP contribution in [0.25, 0.3) is 5.69 Å². The third-order valence-electron chi connectivity index (χ3n) is 4.53. The smallest absolute Gasteiger partial charge is 0.406 e. The number of aromatic nitrogens is 2. The Labute approximate surface area is 165 Å². The first-order chi connectivity index (χ1) is 13.7. The zero-order valence-corrected chi connectivity index (χ0v) is 15.9. The highest BCUT2D eigenvalue weighted by molar-refractivity contribution is 6.00. The molecule has 2 heterocycles. The van der Waals surface area contributed by atoms with Gasteiger partial charge in [-0.25, -0.2) is 4.79 Å². The average Bonchev–Trinajstić information content (AvgIpc) is 3.29. The zero-order chi connectivity index (χ0) is 21.2. The number of nitrogens with zero attached hydrogens (tertiary/aromatic N) is 2. The summed E-state index contributed by atoms with van der Waals surface area (Å²) in [5.74, 6) is -1.24. The predicted octanol–water partition coefficient (Wildman–Crippen LogP) is 4.50. The van der Waals surface area contributed by atoms with Crippen LogP contribution >= 0.6 is 0 Å². The van der Waals surface area contributed by atoms with Gasteiger partial charge in [-0.15, -0.1) is 0 Å². The van der Waals surface area contributed by atoms with E-state index in [4.69, 9.17) is 4.74 Å². The maximum atomic E-state index is 12.7. The summed E-state index contributed by atoms with van der Waals surface area (Å²) in [7, 11) is 0. The number of hydrogen-bond acceptors (Lipinski definition) is 3. The molecule has 0 spiro atoms. The van der Waals surface area contributed by atoms with Crippen LogP contribution in [0.15, 0.2) is 54.9 Å². The van der Waals surface area contributed by atoms with Gasteiger partial charge in [0.1, 0.15) is 6.54 Å². The molecule has 0 bridgehead atoms. The number of ether oxygens (including phenoxy) is 1. The van der Waals surface area contributed by atoms with Crippen LogP contribution in [0.4, 0.5) is 13.2 Å². The van der Waals surface area contributed by atoms with E-state index in [1.165, 1.54) is 19.9 Å². The summed E-state index contributed by atoms with van der Waals surface area (Å²) < 4.78 is 46.1. The molecule has 8 heteroatoms. The molecule has 0 unspecified atom stereocenters. The number of benzene rings is 1. The molecule has 152 valence electrons. The summed E-state index contributed by atoms with van der Waals surface area (Å²) in [6.45, 7) is 1.20. The predicted molar refractivity (Wildman–Crippen MR) is 100 cm³/mol. The molecule has 0 saturated carbocycles. The number of rotatable bonds is 6. The van der Waals surface area contributed by atoms with Gasteiger partial charge in [-0.05, 0) is 50.2 Å². The molecule has 29 heavy (non-hydrogen) atoms. The molecule has 0 aliphatic rings. The molecular formula is C21H19F3N2O3. The minimum Gasteiger partial charge on any atom is -0.454 e. The number of alkyl halides is 3. The van der Waals surface area contributed by atoms with Crippen molar-refractivity contribution in [2.75, 3.05) is 6.61 Å². The lowest BCUT2D eigenvalue weighted by Gasteiger charge is -2.12. The Bertz CT molecular complexity index is 1030. The van der Waals surface area contributed by atoms with Crippen molar-refractivity contribution in [1.29, 1.82) is 0 Å². The quantitative estimate of drug-likeness (QED) is 0.449. The van der Waals surface area contributed by atoms with Gasteiger partial charge in [0.25, 0.3) is 0 Å². The number of esters is 1. The molecule has 0 atom stereocenters. The van der Waals surface area contributed by atoms with E-state index < -0.39 is 31.1 Å². The fourth-order valence-corrected chi connectivity index (χ4v) is 3.10. The second-order valence-electron chi connectivity index (χ2n) is 6.63. The topological polar surface area (TPSA) is 53.2 Å². The molecule has 0 fully saturated rings. The lowest BCUT2D eigenvalue weighted by molar-refractivity contribution is -0.141. The van der Waals surface area contributed by atoms with Crippen LogP contribution in [0.5, 0.6) is 0 Å².